The highest BCUT2D eigenvalue weighted by molar-refractivity contribution is 7.92. The summed E-state index contributed by atoms with van der Waals surface area (Å²) in [7, 11) is -1.96. The van der Waals surface area contributed by atoms with Crippen LogP contribution in [0.4, 0.5) is 11.4 Å². The van der Waals surface area contributed by atoms with E-state index in [2.05, 4.69) is 0 Å². The van der Waals surface area contributed by atoms with E-state index in [0.29, 0.717) is 36.1 Å². The molecule has 6 nitrogen and oxygen atoms in total. The quantitative estimate of drug-likeness (QED) is 0.778. The topological polar surface area (TPSA) is 81.9 Å². The summed E-state index contributed by atoms with van der Waals surface area (Å²) in [6, 6.07) is 3.27. The number of nitrogens with zero attached hydrogens (tertiary/aromatic N) is 1. The predicted molar refractivity (Wildman–Crippen MR) is 65.1 cm³/mol. The van der Waals surface area contributed by atoms with Crippen LogP contribution in [0, 0.1) is 0 Å². The molecule has 17 heavy (non-hydrogen) atoms. The predicted octanol–water partition coefficient (Wildman–Crippen LogP) is 0.436. The van der Waals surface area contributed by atoms with Gasteiger partial charge in [-0.05, 0) is 12.1 Å². The van der Waals surface area contributed by atoms with Crippen molar-refractivity contribution in [1.82, 2.24) is 0 Å². The lowest BCUT2D eigenvalue weighted by atomic mass is 10.2. The average molecular weight is 258 g/mol. The van der Waals surface area contributed by atoms with Gasteiger partial charge in [0.05, 0.1) is 11.9 Å². The first-order chi connectivity index (χ1) is 7.91. The van der Waals surface area contributed by atoms with Gasteiger partial charge in [0, 0.05) is 7.05 Å². The van der Waals surface area contributed by atoms with Crippen LogP contribution in [-0.2, 0) is 10.0 Å². The van der Waals surface area contributed by atoms with E-state index in [1.807, 2.05) is 0 Å². The second kappa shape index (κ2) is 3.99. The molecule has 94 valence electrons. The van der Waals surface area contributed by atoms with Crippen molar-refractivity contribution in [3.05, 3.63) is 12.1 Å². The van der Waals surface area contributed by atoms with Gasteiger partial charge >= 0.3 is 0 Å². The summed E-state index contributed by atoms with van der Waals surface area (Å²) in [5, 5.41) is 0. The van der Waals surface area contributed by atoms with Gasteiger partial charge in [-0.25, -0.2) is 8.42 Å². The van der Waals surface area contributed by atoms with Gasteiger partial charge in [-0.15, -0.1) is 0 Å². The van der Waals surface area contributed by atoms with Gasteiger partial charge < -0.3 is 15.2 Å². The van der Waals surface area contributed by atoms with E-state index in [-0.39, 0.29) is 0 Å². The number of nitrogen functional groups attached to an aromatic ring is 1. The molecule has 0 saturated carbocycles. The molecule has 0 fully saturated rings. The Bertz CT molecular complexity index is 541. The minimum absolute atomic E-state index is 0.324. The second-order valence-corrected chi connectivity index (χ2v) is 5.77. The van der Waals surface area contributed by atoms with Crippen molar-refractivity contribution in [2.24, 2.45) is 0 Å². The Labute approximate surface area is 100.0 Å². The van der Waals surface area contributed by atoms with Crippen LogP contribution in [0.2, 0.25) is 0 Å². The molecule has 0 saturated heterocycles. The van der Waals surface area contributed by atoms with Gasteiger partial charge in [-0.3, -0.25) is 4.31 Å². The lowest BCUT2D eigenvalue weighted by Gasteiger charge is -2.26. The summed E-state index contributed by atoms with van der Waals surface area (Å²) in [5.74, 6) is 0.889. The molecule has 0 amide bonds. The lowest BCUT2D eigenvalue weighted by molar-refractivity contribution is 0.172. The molecule has 0 atom stereocenters. The minimum Gasteiger partial charge on any atom is -0.486 e. The lowest BCUT2D eigenvalue weighted by Crippen LogP contribution is -2.27. The van der Waals surface area contributed by atoms with Crippen LogP contribution in [0.3, 0.4) is 0 Å². The van der Waals surface area contributed by atoms with Crippen LogP contribution in [0.15, 0.2) is 12.1 Å². The fraction of sp³-hybridized carbons (Fsp3) is 0.400. The highest BCUT2D eigenvalue weighted by Gasteiger charge is 2.25. The van der Waals surface area contributed by atoms with Crippen molar-refractivity contribution in [2.45, 2.75) is 0 Å². The molecule has 0 unspecified atom stereocenters. The van der Waals surface area contributed by atoms with E-state index in [9.17, 15) is 8.42 Å². The molecule has 0 bridgehead atoms. The second-order valence-electron chi connectivity index (χ2n) is 3.76. The Morgan fingerprint density at radius 1 is 1.29 bits per heavy atom. The number of hydrogen-bond acceptors (Lipinski definition) is 5. The van der Waals surface area contributed by atoms with Gasteiger partial charge in [0.2, 0.25) is 10.0 Å². The van der Waals surface area contributed by atoms with E-state index in [1.165, 1.54) is 7.05 Å². The summed E-state index contributed by atoms with van der Waals surface area (Å²) >= 11 is 0. The molecule has 7 heteroatoms. The number of fused-ring (bicyclic) bond motifs is 1. The van der Waals surface area contributed by atoms with E-state index in [1.54, 1.807) is 12.1 Å². The van der Waals surface area contributed by atoms with E-state index < -0.39 is 10.0 Å². The Morgan fingerprint density at radius 3 is 2.59 bits per heavy atom. The Kier molecular flexibility index (Phi) is 2.78. The Balaban J connectivity index is 2.60. The highest BCUT2D eigenvalue weighted by atomic mass is 32.2. The number of hydrogen-bond donors (Lipinski definition) is 1. The van der Waals surface area contributed by atoms with E-state index in [0.717, 1.165) is 10.6 Å². The van der Waals surface area contributed by atoms with Gasteiger partial charge in [0.25, 0.3) is 0 Å². The van der Waals surface area contributed by atoms with Crippen molar-refractivity contribution in [3.8, 4) is 11.5 Å². The molecule has 0 radical (unpaired) electrons. The monoisotopic (exact) mass is 258 g/mol. The number of benzene rings is 1. The summed E-state index contributed by atoms with van der Waals surface area (Å²) < 4.78 is 35.0. The third-order valence-corrected chi connectivity index (χ3v) is 3.70. The molecule has 0 aromatic heterocycles. The summed E-state index contributed by atoms with van der Waals surface area (Å²) in [6.07, 6.45) is 1.11. The molecule has 1 heterocycles. The van der Waals surface area contributed by atoms with Gasteiger partial charge in [0.15, 0.2) is 11.5 Å². The van der Waals surface area contributed by atoms with E-state index >= 15 is 0 Å². The van der Waals surface area contributed by atoms with Crippen molar-refractivity contribution in [1.29, 1.82) is 0 Å². The largest absolute Gasteiger partial charge is 0.486 e. The fourth-order valence-electron chi connectivity index (χ4n) is 1.61. The molecule has 2 N–H and O–H groups in total. The molecular formula is C10H14N2O4S. The summed E-state index contributed by atoms with van der Waals surface area (Å²) in [4.78, 5) is 0. The number of rotatable bonds is 2. The maximum absolute atomic E-state index is 11.5. The SMILES string of the molecule is CN(c1c(N)ccc2c1OCCO2)S(C)(=O)=O. The molecule has 0 aliphatic carbocycles. The standard InChI is InChI=1S/C10H14N2O4S/c1-12(17(2,13)14)9-7(11)3-4-8-10(9)16-6-5-15-8/h3-4H,5-6,11H2,1-2H3. The third-order valence-electron chi connectivity index (χ3n) is 2.53. The summed E-state index contributed by atoms with van der Waals surface area (Å²) in [6.45, 7) is 0.819. The molecule has 1 aromatic rings. The molecule has 1 aromatic carbocycles. The highest BCUT2D eigenvalue weighted by Crippen LogP contribution is 2.43. The van der Waals surface area contributed by atoms with Crippen molar-refractivity contribution in [2.75, 3.05) is 36.6 Å². The van der Waals surface area contributed by atoms with Gasteiger partial charge in [-0.1, -0.05) is 0 Å². The zero-order valence-corrected chi connectivity index (χ0v) is 10.5. The molecule has 1 aliphatic rings. The fourth-order valence-corrected chi connectivity index (χ4v) is 2.13. The van der Waals surface area contributed by atoms with E-state index in [4.69, 9.17) is 15.2 Å². The van der Waals surface area contributed by atoms with Crippen molar-refractivity contribution in [3.63, 3.8) is 0 Å². The van der Waals surface area contributed by atoms with Crippen LogP contribution in [-0.4, -0.2) is 34.9 Å². The third kappa shape index (κ3) is 2.10. The number of anilines is 2. The Morgan fingerprint density at radius 2 is 1.94 bits per heavy atom. The van der Waals surface area contributed by atoms with Gasteiger partial charge in [-0.2, -0.15) is 0 Å². The summed E-state index contributed by atoms with van der Waals surface area (Å²) in [5.41, 5.74) is 6.46. The zero-order chi connectivity index (χ0) is 12.6. The first-order valence-corrected chi connectivity index (χ1v) is 6.88. The molecule has 2 rings (SSSR count). The van der Waals surface area contributed by atoms with Crippen LogP contribution >= 0.6 is 0 Å². The van der Waals surface area contributed by atoms with Gasteiger partial charge in [0.1, 0.15) is 18.9 Å². The average Bonchev–Trinajstić information content (AvgIpc) is 2.27. The zero-order valence-electron chi connectivity index (χ0n) is 9.63. The maximum Gasteiger partial charge on any atom is 0.232 e. The van der Waals surface area contributed by atoms with Crippen LogP contribution in [0.25, 0.3) is 0 Å². The first kappa shape index (κ1) is 11.8. The van der Waals surface area contributed by atoms with Crippen LogP contribution < -0.4 is 19.5 Å². The minimum atomic E-state index is -3.39. The number of ether oxygens (including phenoxy) is 2. The van der Waals surface area contributed by atoms with Crippen LogP contribution in [0.5, 0.6) is 11.5 Å². The first-order valence-electron chi connectivity index (χ1n) is 5.03. The Hall–Kier alpha value is -1.63. The smallest absolute Gasteiger partial charge is 0.232 e. The number of nitrogens with two attached hydrogens (primary N) is 1. The molecule has 0 spiro atoms. The van der Waals surface area contributed by atoms with Crippen LogP contribution in [0.1, 0.15) is 0 Å². The molecular weight excluding hydrogens is 244 g/mol. The van der Waals surface area contributed by atoms with Crippen molar-refractivity contribution >= 4 is 21.4 Å². The normalized spacial score (nSPS) is 14.5. The number of sulfonamides is 1. The molecule has 1 aliphatic heterocycles. The maximum atomic E-state index is 11.5. The van der Waals surface area contributed by atoms with Crippen molar-refractivity contribution < 1.29 is 17.9 Å².